The maximum absolute atomic E-state index is 13.3. The lowest BCUT2D eigenvalue weighted by Gasteiger charge is -2.15. The Labute approximate surface area is 172 Å². The van der Waals surface area contributed by atoms with Gasteiger partial charge in [0.15, 0.2) is 0 Å². The van der Waals surface area contributed by atoms with Crippen LogP contribution in [-0.4, -0.2) is 11.8 Å². The van der Waals surface area contributed by atoms with Gasteiger partial charge in [0.25, 0.3) is 11.8 Å². The molecule has 0 spiro atoms. The van der Waals surface area contributed by atoms with Gasteiger partial charge in [0.1, 0.15) is 11.5 Å². The molecular formula is C23H16ClFN2O2. The highest BCUT2D eigenvalue weighted by atomic mass is 35.5. The summed E-state index contributed by atoms with van der Waals surface area (Å²) < 4.78 is 13.3. The fourth-order valence-corrected chi connectivity index (χ4v) is 3.38. The van der Waals surface area contributed by atoms with Gasteiger partial charge in [-0.1, -0.05) is 48.0 Å². The summed E-state index contributed by atoms with van der Waals surface area (Å²) in [6, 6.07) is 19.5. The van der Waals surface area contributed by atoms with Crippen LogP contribution in [0.5, 0.6) is 0 Å². The molecule has 0 atom stereocenters. The minimum absolute atomic E-state index is 0.149. The molecule has 4 nitrogen and oxygen atoms in total. The third kappa shape index (κ3) is 3.52. The average molecular weight is 407 g/mol. The van der Waals surface area contributed by atoms with E-state index in [1.165, 1.54) is 24.3 Å². The SMILES string of the molecule is Cc1ccc(Cl)cc1NC1=C(c2ccccc2)C(=O)N(c2ccc(F)cc2)C1=O. The molecule has 0 saturated heterocycles. The third-order valence-electron chi connectivity index (χ3n) is 4.69. The molecule has 1 aliphatic heterocycles. The van der Waals surface area contributed by atoms with Crippen LogP contribution in [0.1, 0.15) is 11.1 Å². The van der Waals surface area contributed by atoms with Gasteiger partial charge in [-0.25, -0.2) is 9.29 Å². The third-order valence-corrected chi connectivity index (χ3v) is 4.93. The Balaban J connectivity index is 1.83. The quantitative estimate of drug-likeness (QED) is 0.607. The zero-order valence-electron chi connectivity index (χ0n) is 15.4. The first-order chi connectivity index (χ1) is 14.0. The minimum Gasteiger partial charge on any atom is -0.350 e. The van der Waals surface area contributed by atoms with Crippen molar-refractivity contribution in [1.29, 1.82) is 0 Å². The Morgan fingerprint density at radius 3 is 2.28 bits per heavy atom. The fraction of sp³-hybridized carbons (Fsp3) is 0.0435. The van der Waals surface area contributed by atoms with E-state index in [0.29, 0.717) is 22.0 Å². The van der Waals surface area contributed by atoms with Crippen molar-refractivity contribution in [1.82, 2.24) is 0 Å². The topological polar surface area (TPSA) is 49.4 Å². The van der Waals surface area contributed by atoms with Crippen LogP contribution in [0.25, 0.3) is 5.57 Å². The van der Waals surface area contributed by atoms with Gasteiger partial charge in [0, 0.05) is 10.7 Å². The molecule has 0 unspecified atom stereocenters. The fourth-order valence-electron chi connectivity index (χ4n) is 3.21. The van der Waals surface area contributed by atoms with Crippen molar-refractivity contribution in [3.63, 3.8) is 0 Å². The molecule has 0 aromatic heterocycles. The molecular weight excluding hydrogens is 391 g/mol. The lowest BCUT2D eigenvalue weighted by atomic mass is 10.0. The van der Waals surface area contributed by atoms with Crippen molar-refractivity contribution in [3.05, 3.63) is 100 Å². The number of rotatable bonds is 4. The molecule has 1 heterocycles. The van der Waals surface area contributed by atoms with E-state index in [9.17, 15) is 14.0 Å². The highest BCUT2D eigenvalue weighted by molar-refractivity contribution is 6.46. The maximum atomic E-state index is 13.3. The largest absolute Gasteiger partial charge is 0.350 e. The summed E-state index contributed by atoms with van der Waals surface area (Å²) in [5.74, 6) is -1.44. The zero-order valence-corrected chi connectivity index (χ0v) is 16.2. The molecule has 1 N–H and O–H groups in total. The lowest BCUT2D eigenvalue weighted by molar-refractivity contribution is -0.120. The normalized spacial score (nSPS) is 14.0. The molecule has 3 aromatic rings. The van der Waals surface area contributed by atoms with Gasteiger partial charge in [-0.15, -0.1) is 0 Å². The van der Waals surface area contributed by atoms with Crippen molar-refractivity contribution in [3.8, 4) is 0 Å². The maximum Gasteiger partial charge on any atom is 0.282 e. The van der Waals surface area contributed by atoms with E-state index >= 15 is 0 Å². The zero-order chi connectivity index (χ0) is 20.5. The standard InChI is InChI=1S/C23H16ClFN2O2/c1-14-7-8-16(24)13-19(14)26-21-20(15-5-3-2-4-6-15)22(28)27(23(21)29)18-11-9-17(25)10-12-18/h2-13,26H,1H3. The van der Waals surface area contributed by atoms with Crippen molar-refractivity contribution in [2.24, 2.45) is 0 Å². The number of anilines is 2. The number of hydrogen-bond acceptors (Lipinski definition) is 3. The number of carbonyl (C=O) groups excluding carboxylic acids is 2. The number of nitrogens with zero attached hydrogens (tertiary/aromatic N) is 1. The van der Waals surface area contributed by atoms with E-state index in [1.54, 1.807) is 36.4 Å². The molecule has 0 bridgehead atoms. The first-order valence-electron chi connectivity index (χ1n) is 8.93. The monoisotopic (exact) mass is 406 g/mol. The first-order valence-corrected chi connectivity index (χ1v) is 9.31. The van der Waals surface area contributed by atoms with E-state index in [4.69, 9.17) is 11.6 Å². The second-order valence-electron chi connectivity index (χ2n) is 6.62. The molecule has 29 heavy (non-hydrogen) atoms. The van der Waals surface area contributed by atoms with Gasteiger partial charge in [-0.3, -0.25) is 9.59 Å². The van der Waals surface area contributed by atoms with Gasteiger partial charge >= 0.3 is 0 Å². The van der Waals surface area contributed by atoms with Crippen molar-refractivity contribution < 1.29 is 14.0 Å². The van der Waals surface area contributed by atoms with Crippen molar-refractivity contribution in [2.75, 3.05) is 10.2 Å². The summed E-state index contributed by atoms with van der Waals surface area (Å²) in [5, 5.41) is 3.61. The highest BCUT2D eigenvalue weighted by Gasteiger charge is 2.40. The number of hydrogen-bond donors (Lipinski definition) is 1. The van der Waals surface area contributed by atoms with Crippen LogP contribution in [0.3, 0.4) is 0 Å². The molecule has 6 heteroatoms. The van der Waals surface area contributed by atoms with Gasteiger partial charge < -0.3 is 5.32 Å². The summed E-state index contributed by atoms with van der Waals surface area (Å²) in [6.07, 6.45) is 0. The molecule has 144 valence electrons. The number of carbonyl (C=O) groups is 2. The Morgan fingerprint density at radius 2 is 1.59 bits per heavy atom. The summed E-state index contributed by atoms with van der Waals surface area (Å²) in [4.78, 5) is 27.5. The summed E-state index contributed by atoms with van der Waals surface area (Å²) in [6.45, 7) is 1.88. The predicted molar refractivity (Wildman–Crippen MR) is 112 cm³/mol. The van der Waals surface area contributed by atoms with E-state index in [0.717, 1.165) is 10.5 Å². The van der Waals surface area contributed by atoms with Crippen LogP contribution in [0.4, 0.5) is 15.8 Å². The Bertz CT molecular complexity index is 1140. The van der Waals surface area contributed by atoms with Gasteiger partial charge in [0.05, 0.1) is 11.3 Å². The molecule has 2 amide bonds. The Morgan fingerprint density at radius 1 is 0.897 bits per heavy atom. The average Bonchev–Trinajstić information content (AvgIpc) is 2.96. The smallest absolute Gasteiger partial charge is 0.282 e. The first kappa shape index (κ1) is 18.9. The Kier molecular flexibility index (Phi) is 4.91. The molecule has 1 aliphatic rings. The molecule has 0 radical (unpaired) electrons. The summed E-state index contributed by atoms with van der Waals surface area (Å²) in [7, 11) is 0. The van der Waals surface area contributed by atoms with Crippen LogP contribution < -0.4 is 10.2 Å². The second-order valence-corrected chi connectivity index (χ2v) is 7.06. The van der Waals surface area contributed by atoms with E-state index in [2.05, 4.69) is 5.32 Å². The highest BCUT2D eigenvalue weighted by Crippen LogP contribution is 2.34. The molecule has 3 aromatic carbocycles. The van der Waals surface area contributed by atoms with Gasteiger partial charge in [0.2, 0.25) is 0 Å². The number of halogens is 2. The van der Waals surface area contributed by atoms with Crippen LogP contribution in [0.15, 0.2) is 78.5 Å². The number of imide groups is 1. The number of benzene rings is 3. The molecule has 0 aliphatic carbocycles. The van der Waals surface area contributed by atoms with Crippen LogP contribution in [0.2, 0.25) is 5.02 Å². The van der Waals surface area contributed by atoms with Crippen molar-refractivity contribution in [2.45, 2.75) is 6.92 Å². The number of aryl methyl sites for hydroxylation is 1. The van der Waals surface area contributed by atoms with Crippen LogP contribution in [0, 0.1) is 12.7 Å². The van der Waals surface area contributed by atoms with Gasteiger partial charge in [-0.05, 0) is 54.4 Å². The lowest BCUT2D eigenvalue weighted by Crippen LogP contribution is -2.32. The summed E-state index contributed by atoms with van der Waals surface area (Å²) >= 11 is 6.11. The number of amides is 2. The van der Waals surface area contributed by atoms with Crippen LogP contribution >= 0.6 is 11.6 Å². The second kappa shape index (κ2) is 7.53. The predicted octanol–water partition coefficient (Wildman–Crippen LogP) is 5.18. The van der Waals surface area contributed by atoms with E-state index in [-0.39, 0.29) is 11.3 Å². The Hall–Kier alpha value is -3.44. The van der Waals surface area contributed by atoms with Crippen LogP contribution in [-0.2, 0) is 9.59 Å². The molecule has 0 saturated carbocycles. The minimum atomic E-state index is -0.514. The van der Waals surface area contributed by atoms with Crippen molar-refractivity contribution >= 4 is 40.4 Å². The van der Waals surface area contributed by atoms with Gasteiger partial charge in [-0.2, -0.15) is 0 Å². The molecule has 4 rings (SSSR count). The van der Waals surface area contributed by atoms with E-state index < -0.39 is 17.6 Å². The molecule has 0 fully saturated rings. The summed E-state index contributed by atoms with van der Waals surface area (Å²) in [5.41, 5.74) is 2.81. The van der Waals surface area contributed by atoms with E-state index in [1.807, 2.05) is 19.1 Å². The number of nitrogens with one attached hydrogen (secondary N) is 1.